The summed E-state index contributed by atoms with van der Waals surface area (Å²) >= 11 is 0. The molecule has 1 fully saturated rings. The van der Waals surface area contributed by atoms with Crippen molar-refractivity contribution in [1.82, 2.24) is 0 Å². The molecule has 1 rings (SSSR count). The first-order valence-electron chi connectivity index (χ1n) is 6.97. The number of ether oxygens (including phenoxy) is 5. The Balaban J connectivity index is 2.98. The van der Waals surface area contributed by atoms with Gasteiger partial charge in [0.1, 0.15) is 12.7 Å². The van der Waals surface area contributed by atoms with Crippen molar-refractivity contribution < 1.29 is 42.9 Å². The summed E-state index contributed by atoms with van der Waals surface area (Å²) in [7, 11) is 0. The van der Waals surface area contributed by atoms with Crippen molar-refractivity contribution in [2.75, 3.05) is 13.2 Å². The Morgan fingerprint density at radius 2 is 1.35 bits per heavy atom. The SMILES string of the molecule is CC(=O)OC[C@@H]1OC[C@@H](OC(C)=O)[C@@H](OC(C)=O)[C@@H]1OC(C)=O. The third kappa shape index (κ3) is 6.23. The van der Waals surface area contributed by atoms with Gasteiger partial charge in [-0.25, -0.2) is 0 Å². The van der Waals surface area contributed by atoms with E-state index >= 15 is 0 Å². The minimum atomic E-state index is -1.08. The summed E-state index contributed by atoms with van der Waals surface area (Å²) in [6.45, 7) is 4.46. The molecule has 0 unspecified atom stereocenters. The van der Waals surface area contributed by atoms with Crippen molar-refractivity contribution in [2.24, 2.45) is 0 Å². The highest BCUT2D eigenvalue weighted by atomic mass is 16.7. The number of hydrogen-bond donors (Lipinski definition) is 0. The highest BCUT2D eigenvalue weighted by Gasteiger charge is 2.47. The molecule has 0 saturated carbocycles. The molecule has 23 heavy (non-hydrogen) atoms. The van der Waals surface area contributed by atoms with Crippen molar-refractivity contribution in [3.63, 3.8) is 0 Å². The van der Waals surface area contributed by atoms with E-state index in [1.54, 1.807) is 0 Å². The summed E-state index contributed by atoms with van der Waals surface area (Å²) in [4.78, 5) is 44.8. The molecule has 0 aromatic rings. The van der Waals surface area contributed by atoms with Gasteiger partial charge >= 0.3 is 23.9 Å². The van der Waals surface area contributed by atoms with Gasteiger partial charge in [-0.15, -0.1) is 0 Å². The molecule has 0 radical (unpaired) electrons. The summed E-state index contributed by atoms with van der Waals surface area (Å²) in [5.74, 6) is -2.43. The number of rotatable bonds is 5. The van der Waals surface area contributed by atoms with Gasteiger partial charge in [0.05, 0.1) is 6.61 Å². The Morgan fingerprint density at radius 3 is 1.83 bits per heavy atom. The van der Waals surface area contributed by atoms with Crippen LogP contribution >= 0.6 is 0 Å². The van der Waals surface area contributed by atoms with E-state index in [2.05, 4.69) is 0 Å². The van der Waals surface area contributed by atoms with Gasteiger partial charge in [0.2, 0.25) is 0 Å². The molecule has 0 aromatic heterocycles. The van der Waals surface area contributed by atoms with E-state index < -0.39 is 48.3 Å². The second-order valence-corrected chi connectivity index (χ2v) is 4.97. The molecule has 130 valence electrons. The van der Waals surface area contributed by atoms with E-state index in [9.17, 15) is 19.2 Å². The molecule has 4 atom stereocenters. The molecule has 9 nitrogen and oxygen atoms in total. The lowest BCUT2D eigenvalue weighted by Crippen LogP contribution is -2.58. The Morgan fingerprint density at radius 1 is 0.826 bits per heavy atom. The van der Waals surface area contributed by atoms with Gasteiger partial charge < -0.3 is 23.7 Å². The zero-order valence-electron chi connectivity index (χ0n) is 13.4. The average Bonchev–Trinajstić information content (AvgIpc) is 2.39. The molecule has 0 aliphatic carbocycles. The molecule has 9 heteroatoms. The summed E-state index contributed by atoms with van der Waals surface area (Å²) in [5.41, 5.74) is 0. The molecule has 0 aromatic carbocycles. The molecule has 0 bridgehead atoms. The minimum Gasteiger partial charge on any atom is -0.463 e. The van der Waals surface area contributed by atoms with E-state index in [1.807, 2.05) is 0 Å². The Bertz CT molecular complexity index is 473. The molecular weight excluding hydrogens is 312 g/mol. The van der Waals surface area contributed by atoms with Crippen LogP contribution in [0.4, 0.5) is 0 Å². The van der Waals surface area contributed by atoms with E-state index in [0.29, 0.717) is 0 Å². The second-order valence-electron chi connectivity index (χ2n) is 4.97. The normalized spacial score (nSPS) is 26.8. The molecule has 0 amide bonds. The molecule has 1 heterocycles. The van der Waals surface area contributed by atoms with E-state index in [0.717, 1.165) is 0 Å². The van der Waals surface area contributed by atoms with Crippen LogP contribution in [-0.2, 0) is 42.9 Å². The molecule has 1 aliphatic rings. The second kappa shape index (κ2) is 8.47. The van der Waals surface area contributed by atoms with Crippen LogP contribution in [0.25, 0.3) is 0 Å². The van der Waals surface area contributed by atoms with Crippen LogP contribution < -0.4 is 0 Å². The first-order valence-corrected chi connectivity index (χ1v) is 6.97. The van der Waals surface area contributed by atoms with Crippen molar-refractivity contribution >= 4 is 23.9 Å². The molecule has 1 aliphatic heterocycles. The van der Waals surface area contributed by atoms with Gasteiger partial charge in [-0.2, -0.15) is 0 Å². The van der Waals surface area contributed by atoms with E-state index in [-0.39, 0.29) is 13.2 Å². The Hall–Kier alpha value is -2.16. The van der Waals surface area contributed by atoms with Crippen LogP contribution in [0.1, 0.15) is 27.7 Å². The maximum absolute atomic E-state index is 11.3. The van der Waals surface area contributed by atoms with Crippen molar-refractivity contribution in [1.29, 1.82) is 0 Å². The Kier molecular flexibility index (Phi) is 6.95. The fraction of sp³-hybridized carbons (Fsp3) is 0.714. The monoisotopic (exact) mass is 332 g/mol. The predicted octanol–water partition coefficient (Wildman–Crippen LogP) is -0.257. The molecule has 0 spiro atoms. The summed E-state index contributed by atoms with van der Waals surface area (Å²) in [6.07, 6.45) is -3.92. The first kappa shape index (κ1) is 18.9. The van der Waals surface area contributed by atoms with Crippen molar-refractivity contribution in [2.45, 2.75) is 52.1 Å². The standard InChI is InChI=1S/C14H20O9/c1-7(15)19-5-11-13(22-9(3)17)14(23-10(4)18)12(6-20-11)21-8(2)16/h11-14H,5-6H2,1-4H3/t11-,12+,13+,14+/m0/s1. The van der Waals surface area contributed by atoms with Gasteiger partial charge in [0.15, 0.2) is 18.3 Å². The number of hydrogen-bond acceptors (Lipinski definition) is 9. The van der Waals surface area contributed by atoms with Gasteiger partial charge in [-0.1, -0.05) is 0 Å². The van der Waals surface area contributed by atoms with Crippen LogP contribution in [0.15, 0.2) is 0 Å². The third-order valence-electron chi connectivity index (χ3n) is 2.90. The summed E-state index contributed by atoms with van der Waals surface area (Å²) < 4.78 is 25.6. The maximum Gasteiger partial charge on any atom is 0.303 e. The van der Waals surface area contributed by atoms with Crippen LogP contribution in [0, 0.1) is 0 Å². The average molecular weight is 332 g/mol. The highest BCUT2D eigenvalue weighted by Crippen LogP contribution is 2.24. The number of carbonyl (C=O) groups is 4. The lowest BCUT2D eigenvalue weighted by atomic mass is 9.99. The minimum absolute atomic E-state index is 0.0960. The molecule has 0 N–H and O–H groups in total. The van der Waals surface area contributed by atoms with Crippen molar-refractivity contribution in [3.05, 3.63) is 0 Å². The van der Waals surface area contributed by atoms with Crippen LogP contribution in [0.5, 0.6) is 0 Å². The number of esters is 4. The zero-order chi connectivity index (χ0) is 17.6. The lowest BCUT2D eigenvalue weighted by molar-refractivity contribution is -0.231. The third-order valence-corrected chi connectivity index (χ3v) is 2.90. The summed E-state index contributed by atoms with van der Waals surface area (Å²) in [5, 5.41) is 0. The van der Waals surface area contributed by atoms with E-state index in [1.165, 1.54) is 27.7 Å². The van der Waals surface area contributed by atoms with Crippen LogP contribution in [-0.4, -0.2) is 61.5 Å². The largest absolute Gasteiger partial charge is 0.463 e. The van der Waals surface area contributed by atoms with Gasteiger partial charge in [-0.05, 0) is 0 Å². The fourth-order valence-electron chi connectivity index (χ4n) is 2.16. The molecular formula is C14H20O9. The zero-order valence-corrected chi connectivity index (χ0v) is 13.4. The van der Waals surface area contributed by atoms with Gasteiger partial charge in [-0.3, -0.25) is 19.2 Å². The van der Waals surface area contributed by atoms with E-state index in [4.69, 9.17) is 23.7 Å². The first-order chi connectivity index (χ1) is 10.7. The Labute approximate surface area is 133 Å². The number of carbonyl (C=O) groups excluding carboxylic acids is 4. The van der Waals surface area contributed by atoms with Crippen molar-refractivity contribution in [3.8, 4) is 0 Å². The fourth-order valence-corrected chi connectivity index (χ4v) is 2.16. The topological polar surface area (TPSA) is 114 Å². The highest BCUT2D eigenvalue weighted by molar-refractivity contribution is 5.68. The quantitative estimate of drug-likeness (QED) is 0.496. The smallest absolute Gasteiger partial charge is 0.303 e. The summed E-state index contributed by atoms with van der Waals surface area (Å²) in [6, 6.07) is 0. The maximum atomic E-state index is 11.3. The van der Waals surface area contributed by atoms with Gasteiger partial charge in [0.25, 0.3) is 0 Å². The lowest BCUT2D eigenvalue weighted by Gasteiger charge is -2.40. The van der Waals surface area contributed by atoms with Crippen LogP contribution in [0.2, 0.25) is 0 Å². The van der Waals surface area contributed by atoms with Gasteiger partial charge in [0, 0.05) is 27.7 Å². The molecule has 1 saturated heterocycles. The van der Waals surface area contributed by atoms with Crippen LogP contribution in [0.3, 0.4) is 0 Å². The predicted molar refractivity (Wildman–Crippen MR) is 73.0 cm³/mol.